The van der Waals surface area contributed by atoms with Gasteiger partial charge in [-0.1, -0.05) is 0 Å². The Balaban J connectivity index is 1.67. The number of anilines is 1. The molecule has 21 heteroatoms. The van der Waals surface area contributed by atoms with Crippen molar-refractivity contribution >= 4 is 51.3 Å². The first kappa shape index (κ1) is 24.5. The van der Waals surface area contributed by atoms with E-state index in [1.807, 2.05) is 0 Å². The summed E-state index contributed by atoms with van der Waals surface area (Å²) < 4.78 is 41.9. The van der Waals surface area contributed by atoms with Crippen LogP contribution in [0.3, 0.4) is 0 Å². The smallest absolute Gasteiger partial charge is 0.390 e. The van der Waals surface area contributed by atoms with Crippen LogP contribution in [0.1, 0.15) is 12.6 Å². The second kappa shape index (κ2) is 8.68. The molecule has 0 amide bonds. The highest BCUT2D eigenvalue weighted by atomic mass is 32.5. The Bertz CT molecular complexity index is 1180. The largest absolute Gasteiger partial charge is 0.479 e. The van der Waals surface area contributed by atoms with Gasteiger partial charge in [0.15, 0.2) is 11.2 Å². The monoisotopic (exact) mass is 523 g/mol. The Kier molecular flexibility index (Phi) is 6.87. The Labute approximate surface area is 176 Å². The van der Waals surface area contributed by atoms with Crippen molar-refractivity contribution in [2.75, 3.05) is 12.3 Å². The van der Waals surface area contributed by atoms with Crippen LogP contribution in [0.2, 0.25) is 0 Å². The third-order valence-electron chi connectivity index (χ3n) is 3.78. The Morgan fingerprint density at radius 3 is 2.65 bits per heavy atom. The highest BCUT2D eigenvalue weighted by Gasteiger charge is 2.40. The minimum Gasteiger partial charge on any atom is -0.390 e. The fourth-order valence-electron chi connectivity index (χ4n) is 2.66. The highest BCUT2D eigenvalue weighted by molar-refractivity contribution is 8.09. The van der Waals surface area contributed by atoms with Crippen LogP contribution in [0.25, 0.3) is 11.2 Å². The van der Waals surface area contributed by atoms with E-state index in [1.165, 1.54) is 10.9 Å². The summed E-state index contributed by atoms with van der Waals surface area (Å²) in [5, 5.41) is 10.2. The summed E-state index contributed by atoms with van der Waals surface area (Å²) in [6.45, 7) is -5.59. The number of nitrogens with zero attached hydrogens (tertiary/aromatic N) is 3. The molecular formula is C10H16N5O12P3S. The SMILES string of the molecule is Nc1nc2c(ncn2C2CC(O)C(COP(=O)(O)OP(O)(=S)OP(=O)(O)O)O2)c(=O)[nH]1. The lowest BCUT2D eigenvalue weighted by atomic mass is 10.2. The van der Waals surface area contributed by atoms with E-state index in [4.69, 9.17) is 20.3 Å². The molecule has 0 bridgehead atoms. The van der Waals surface area contributed by atoms with Crippen LogP contribution in [0.15, 0.2) is 11.1 Å². The summed E-state index contributed by atoms with van der Waals surface area (Å²) in [6.07, 6.45) is -2.13. The zero-order valence-corrected chi connectivity index (χ0v) is 18.5. The molecule has 2 aromatic heterocycles. The molecule has 3 rings (SSSR count). The number of nitrogen functional groups attached to an aromatic ring is 1. The molecule has 5 unspecified atom stereocenters. The molecule has 1 saturated heterocycles. The molecule has 17 nitrogen and oxygen atoms in total. The Morgan fingerprint density at radius 2 is 2.00 bits per heavy atom. The van der Waals surface area contributed by atoms with Gasteiger partial charge in [-0.2, -0.15) is 4.98 Å². The van der Waals surface area contributed by atoms with E-state index in [9.17, 15) is 28.8 Å². The van der Waals surface area contributed by atoms with Gasteiger partial charge in [0.1, 0.15) is 12.3 Å². The molecule has 0 aliphatic carbocycles. The van der Waals surface area contributed by atoms with Crippen LogP contribution in [-0.2, 0) is 38.8 Å². The molecule has 0 spiro atoms. The van der Waals surface area contributed by atoms with Gasteiger partial charge in [-0.25, -0.2) is 22.7 Å². The van der Waals surface area contributed by atoms with E-state index in [1.54, 1.807) is 0 Å². The van der Waals surface area contributed by atoms with E-state index in [0.29, 0.717) is 0 Å². The first-order chi connectivity index (χ1) is 14.2. The number of hydrogen-bond donors (Lipinski definition) is 7. The average molecular weight is 523 g/mol. The average Bonchev–Trinajstić information content (AvgIpc) is 3.13. The minimum absolute atomic E-state index is 0.0287. The maximum atomic E-state index is 11.9. The summed E-state index contributed by atoms with van der Waals surface area (Å²) in [4.78, 5) is 58.3. The predicted octanol–water partition coefficient (Wildman–Crippen LogP) is -1.19. The molecule has 8 N–H and O–H groups in total. The number of phosphoric acid groups is 2. The zero-order chi connectivity index (χ0) is 23.2. The van der Waals surface area contributed by atoms with Crippen LogP contribution in [0.4, 0.5) is 5.95 Å². The fraction of sp³-hybridized carbons (Fsp3) is 0.500. The summed E-state index contributed by atoms with van der Waals surface area (Å²) in [5.41, 5.74) is 4.97. The van der Waals surface area contributed by atoms with Crippen molar-refractivity contribution in [3.63, 3.8) is 0 Å². The number of nitrogens with two attached hydrogens (primary N) is 1. The number of aliphatic hydroxyl groups is 1. The summed E-state index contributed by atoms with van der Waals surface area (Å²) in [6, 6.07) is 0. The van der Waals surface area contributed by atoms with Gasteiger partial charge >= 0.3 is 22.4 Å². The third-order valence-corrected chi connectivity index (χ3v) is 8.79. The number of H-pyrrole nitrogens is 1. The molecule has 2 aromatic rings. The van der Waals surface area contributed by atoms with Crippen molar-refractivity contribution in [1.29, 1.82) is 0 Å². The number of aliphatic hydroxyl groups excluding tert-OH is 1. The number of phosphoric ester groups is 1. The van der Waals surface area contributed by atoms with E-state index < -0.39 is 53.0 Å². The first-order valence-corrected chi connectivity index (χ1v) is 13.6. The molecule has 0 aromatic carbocycles. The first-order valence-electron chi connectivity index (χ1n) is 8.00. The van der Waals surface area contributed by atoms with Gasteiger partial charge in [-0.15, -0.1) is 0 Å². The van der Waals surface area contributed by atoms with Gasteiger partial charge in [0.25, 0.3) is 5.56 Å². The van der Waals surface area contributed by atoms with Crippen LogP contribution in [0.5, 0.6) is 0 Å². The number of nitrogens with one attached hydrogen (secondary N) is 1. The topological polar surface area (TPSA) is 262 Å². The quantitative estimate of drug-likeness (QED) is 0.201. The molecule has 174 valence electrons. The van der Waals surface area contributed by atoms with Gasteiger partial charge in [0.2, 0.25) is 5.95 Å². The van der Waals surface area contributed by atoms with Crippen molar-refractivity contribution in [3.8, 4) is 0 Å². The molecule has 31 heavy (non-hydrogen) atoms. The maximum absolute atomic E-state index is 11.9. The lowest BCUT2D eigenvalue weighted by Crippen LogP contribution is -2.26. The van der Waals surface area contributed by atoms with Crippen molar-refractivity contribution in [2.24, 2.45) is 0 Å². The second-order valence-electron chi connectivity index (χ2n) is 6.09. The number of fused-ring (bicyclic) bond motifs is 1. The van der Waals surface area contributed by atoms with Gasteiger partial charge < -0.3 is 35.2 Å². The van der Waals surface area contributed by atoms with Crippen molar-refractivity contribution in [3.05, 3.63) is 16.7 Å². The van der Waals surface area contributed by atoms with Crippen LogP contribution in [0, 0.1) is 0 Å². The van der Waals surface area contributed by atoms with Crippen molar-refractivity contribution in [2.45, 2.75) is 24.9 Å². The van der Waals surface area contributed by atoms with E-state index >= 15 is 0 Å². The number of ether oxygens (including phenoxy) is 1. The van der Waals surface area contributed by atoms with Crippen LogP contribution in [-0.4, -0.2) is 63.0 Å². The molecular weight excluding hydrogens is 507 g/mol. The van der Waals surface area contributed by atoms with E-state index in [2.05, 4.69) is 39.9 Å². The van der Waals surface area contributed by atoms with Gasteiger partial charge in [0, 0.05) is 6.42 Å². The summed E-state index contributed by atoms with van der Waals surface area (Å²) in [7, 11) is -10.5. The van der Waals surface area contributed by atoms with E-state index in [0.717, 1.165) is 0 Å². The molecule has 1 aliphatic rings. The zero-order valence-electron chi connectivity index (χ0n) is 15.0. The molecule has 5 atom stereocenters. The number of imidazole rings is 1. The van der Waals surface area contributed by atoms with Crippen molar-refractivity contribution in [1.82, 2.24) is 19.5 Å². The molecule has 0 radical (unpaired) electrons. The van der Waals surface area contributed by atoms with Crippen LogP contribution >= 0.6 is 22.4 Å². The Hall–Kier alpha value is -1.10. The third kappa shape index (κ3) is 6.24. The lowest BCUT2D eigenvalue weighted by molar-refractivity contribution is -0.0421. The standard InChI is InChI=1S/C10H16N5O12P3S/c11-10-13-8-7(9(17)14-10)12-3-15(8)6-1-4(16)5(25-6)2-24-29(21,22)27-30(23,31)26-28(18,19)20/h3-6,16H,1-2H2,(H,21,22)(H,23,31)(H2,18,19,20)(H3,11,13,14,17). The number of hydrogen-bond acceptors (Lipinski definition) is 12. The van der Waals surface area contributed by atoms with Gasteiger partial charge in [0.05, 0.1) is 19.0 Å². The van der Waals surface area contributed by atoms with Gasteiger partial charge in [-0.05, 0) is 11.8 Å². The Morgan fingerprint density at radius 1 is 1.32 bits per heavy atom. The highest BCUT2D eigenvalue weighted by Crippen LogP contribution is 2.66. The summed E-state index contributed by atoms with van der Waals surface area (Å²) >= 11 is 4.23. The maximum Gasteiger partial charge on any atom is 0.479 e. The van der Waals surface area contributed by atoms with E-state index in [-0.39, 0.29) is 23.5 Å². The van der Waals surface area contributed by atoms with Gasteiger partial charge in [-0.3, -0.25) is 18.9 Å². The minimum atomic E-state index is -5.32. The lowest BCUT2D eigenvalue weighted by Gasteiger charge is -2.21. The molecule has 1 fully saturated rings. The fourth-order valence-corrected chi connectivity index (χ4v) is 7.23. The molecule has 3 heterocycles. The molecule has 1 aliphatic heterocycles. The normalized spacial score (nSPS) is 26.0. The number of aromatic amines is 1. The number of aromatic nitrogens is 4. The molecule has 0 saturated carbocycles. The van der Waals surface area contributed by atoms with Crippen LogP contribution < -0.4 is 11.3 Å². The summed E-state index contributed by atoms with van der Waals surface area (Å²) in [5.74, 6) is -0.173. The predicted molar refractivity (Wildman–Crippen MR) is 104 cm³/mol. The van der Waals surface area contributed by atoms with Crippen molar-refractivity contribution < 1.29 is 51.7 Å². The number of rotatable bonds is 8. The second-order valence-corrected chi connectivity index (χ2v) is 11.9.